The fraction of sp³-hybridized carbons (Fsp3) is 0.500. The van der Waals surface area contributed by atoms with E-state index in [9.17, 15) is 14.0 Å². The molecule has 0 saturated heterocycles. The van der Waals surface area contributed by atoms with Crippen molar-refractivity contribution >= 4 is 12.1 Å². The molecule has 0 saturated carbocycles. The van der Waals surface area contributed by atoms with Gasteiger partial charge in [-0.3, -0.25) is 0 Å². The minimum absolute atomic E-state index is 0.297. The molecule has 0 spiro atoms. The maximum absolute atomic E-state index is 12.8. The quantitative estimate of drug-likeness (QED) is 0.874. The average molecular weight is 325 g/mol. The first-order valence-electron chi connectivity index (χ1n) is 7.37. The van der Waals surface area contributed by atoms with Crippen LogP contribution in [0, 0.1) is 5.82 Å². The van der Waals surface area contributed by atoms with Crippen LogP contribution in [0.25, 0.3) is 0 Å². The van der Waals surface area contributed by atoms with Crippen LogP contribution in [-0.4, -0.2) is 42.8 Å². The van der Waals surface area contributed by atoms with Gasteiger partial charge in [0.15, 0.2) is 0 Å². The smallest absolute Gasteiger partial charge is 0.410 e. The van der Waals surface area contributed by atoms with Crippen molar-refractivity contribution in [3.63, 3.8) is 0 Å². The number of urea groups is 1. The van der Waals surface area contributed by atoms with Gasteiger partial charge in [0.05, 0.1) is 0 Å². The van der Waals surface area contributed by atoms with Crippen molar-refractivity contribution < 1.29 is 18.7 Å². The Morgan fingerprint density at radius 3 is 2.35 bits per heavy atom. The monoisotopic (exact) mass is 325 g/mol. The summed E-state index contributed by atoms with van der Waals surface area (Å²) in [5.74, 6) is -0.316. The topological polar surface area (TPSA) is 70.7 Å². The van der Waals surface area contributed by atoms with Crippen LogP contribution in [0.5, 0.6) is 0 Å². The highest BCUT2D eigenvalue weighted by Gasteiger charge is 2.19. The van der Waals surface area contributed by atoms with Crippen LogP contribution in [0.4, 0.5) is 14.0 Å². The first-order chi connectivity index (χ1) is 10.7. The molecule has 3 amide bonds. The molecule has 0 heterocycles. The lowest BCUT2D eigenvalue weighted by molar-refractivity contribution is 0.0301. The Kier molecular flexibility index (Phi) is 6.81. The SMILES string of the molecule is CN(CCNC(=O)NCc1ccc(F)cc1)C(=O)OC(C)(C)C. The van der Waals surface area contributed by atoms with E-state index in [0.717, 1.165) is 5.56 Å². The highest BCUT2D eigenvalue weighted by Crippen LogP contribution is 2.08. The zero-order valence-electron chi connectivity index (χ0n) is 14.0. The van der Waals surface area contributed by atoms with Gasteiger partial charge in [-0.2, -0.15) is 0 Å². The lowest BCUT2D eigenvalue weighted by atomic mass is 10.2. The number of nitrogens with zero attached hydrogens (tertiary/aromatic N) is 1. The Labute approximate surface area is 136 Å². The van der Waals surface area contributed by atoms with Gasteiger partial charge in [-0.25, -0.2) is 14.0 Å². The number of carbonyl (C=O) groups is 2. The van der Waals surface area contributed by atoms with E-state index in [2.05, 4.69) is 10.6 Å². The average Bonchev–Trinajstić information content (AvgIpc) is 2.44. The van der Waals surface area contributed by atoms with Gasteiger partial charge in [0.25, 0.3) is 0 Å². The second-order valence-corrected chi connectivity index (χ2v) is 6.14. The van der Waals surface area contributed by atoms with E-state index < -0.39 is 11.7 Å². The maximum Gasteiger partial charge on any atom is 0.410 e. The summed E-state index contributed by atoms with van der Waals surface area (Å²) < 4.78 is 18.0. The molecule has 6 nitrogen and oxygen atoms in total. The van der Waals surface area contributed by atoms with Crippen LogP contribution in [0.1, 0.15) is 26.3 Å². The molecule has 0 aliphatic carbocycles. The third kappa shape index (κ3) is 8.04. The van der Waals surface area contributed by atoms with E-state index >= 15 is 0 Å². The molecule has 0 aliphatic heterocycles. The van der Waals surface area contributed by atoms with Crippen molar-refractivity contribution in [2.24, 2.45) is 0 Å². The van der Waals surface area contributed by atoms with Gasteiger partial charge in [-0.05, 0) is 38.5 Å². The van der Waals surface area contributed by atoms with Crippen LogP contribution in [0.3, 0.4) is 0 Å². The van der Waals surface area contributed by atoms with Gasteiger partial charge < -0.3 is 20.3 Å². The first-order valence-corrected chi connectivity index (χ1v) is 7.37. The van der Waals surface area contributed by atoms with E-state index in [-0.39, 0.29) is 11.8 Å². The molecule has 1 aromatic rings. The molecule has 0 atom stereocenters. The summed E-state index contributed by atoms with van der Waals surface area (Å²) in [6.07, 6.45) is -0.439. The lowest BCUT2D eigenvalue weighted by Crippen LogP contribution is -2.42. The predicted molar refractivity (Wildman–Crippen MR) is 85.5 cm³/mol. The first kappa shape index (κ1) is 18.7. The summed E-state index contributed by atoms with van der Waals surface area (Å²) in [6.45, 7) is 6.30. The van der Waals surface area contributed by atoms with Crippen LogP contribution in [0.15, 0.2) is 24.3 Å². The molecule has 0 radical (unpaired) electrons. The molecule has 23 heavy (non-hydrogen) atoms. The van der Waals surface area contributed by atoms with Crippen molar-refractivity contribution in [1.82, 2.24) is 15.5 Å². The molecule has 1 aromatic carbocycles. The Balaban J connectivity index is 2.23. The van der Waals surface area contributed by atoms with Crippen molar-refractivity contribution in [2.75, 3.05) is 20.1 Å². The molecule has 0 bridgehead atoms. The van der Waals surface area contributed by atoms with E-state index in [4.69, 9.17) is 4.74 Å². The van der Waals surface area contributed by atoms with Crippen LogP contribution < -0.4 is 10.6 Å². The Morgan fingerprint density at radius 1 is 1.17 bits per heavy atom. The molecular weight excluding hydrogens is 301 g/mol. The standard InChI is InChI=1S/C16H24FN3O3/c1-16(2,3)23-15(22)20(4)10-9-18-14(21)19-11-12-5-7-13(17)8-6-12/h5-8H,9-11H2,1-4H3,(H2,18,19,21). The summed E-state index contributed by atoms with van der Waals surface area (Å²) in [5.41, 5.74) is 0.248. The summed E-state index contributed by atoms with van der Waals surface area (Å²) in [6, 6.07) is 5.53. The number of amides is 3. The highest BCUT2D eigenvalue weighted by atomic mass is 19.1. The van der Waals surface area contributed by atoms with Gasteiger partial charge in [0.2, 0.25) is 0 Å². The normalized spacial score (nSPS) is 10.8. The number of hydrogen-bond acceptors (Lipinski definition) is 3. The number of hydrogen-bond donors (Lipinski definition) is 2. The van der Waals surface area contributed by atoms with Gasteiger partial charge in [-0.15, -0.1) is 0 Å². The fourth-order valence-electron chi connectivity index (χ4n) is 1.62. The molecule has 1 rings (SSSR count). The number of benzene rings is 1. The van der Waals surface area contributed by atoms with Crippen molar-refractivity contribution in [2.45, 2.75) is 32.9 Å². The number of carbonyl (C=O) groups excluding carboxylic acids is 2. The van der Waals surface area contributed by atoms with Crippen LogP contribution in [-0.2, 0) is 11.3 Å². The summed E-state index contributed by atoms with van der Waals surface area (Å²) in [7, 11) is 1.60. The molecular formula is C16H24FN3O3. The molecule has 0 fully saturated rings. The summed E-state index contributed by atoms with van der Waals surface area (Å²) >= 11 is 0. The number of nitrogens with one attached hydrogen (secondary N) is 2. The molecule has 0 aliphatic rings. The van der Waals surface area contributed by atoms with Crippen molar-refractivity contribution in [3.05, 3.63) is 35.6 Å². The van der Waals surface area contributed by atoms with Gasteiger partial charge in [-0.1, -0.05) is 12.1 Å². The maximum atomic E-state index is 12.8. The Morgan fingerprint density at radius 2 is 1.78 bits per heavy atom. The number of ether oxygens (including phenoxy) is 1. The lowest BCUT2D eigenvalue weighted by Gasteiger charge is -2.24. The molecule has 0 unspecified atom stereocenters. The van der Waals surface area contributed by atoms with Crippen LogP contribution >= 0.6 is 0 Å². The molecule has 7 heteroatoms. The van der Waals surface area contributed by atoms with Gasteiger partial charge >= 0.3 is 12.1 Å². The third-order valence-electron chi connectivity index (χ3n) is 2.80. The minimum atomic E-state index is -0.550. The van der Waals surface area contributed by atoms with E-state index in [1.165, 1.54) is 17.0 Å². The predicted octanol–water partition coefficient (Wildman–Crippen LogP) is 2.49. The van der Waals surface area contributed by atoms with E-state index in [0.29, 0.717) is 19.6 Å². The zero-order valence-corrected chi connectivity index (χ0v) is 14.0. The summed E-state index contributed by atoms with van der Waals surface area (Å²) in [4.78, 5) is 24.7. The number of likely N-dealkylation sites (N-methyl/N-ethyl adjacent to an activating group) is 1. The molecule has 0 aromatic heterocycles. The highest BCUT2D eigenvalue weighted by molar-refractivity contribution is 5.74. The van der Waals surface area contributed by atoms with Crippen molar-refractivity contribution in [3.8, 4) is 0 Å². The van der Waals surface area contributed by atoms with Gasteiger partial charge in [0, 0.05) is 26.7 Å². The van der Waals surface area contributed by atoms with Crippen molar-refractivity contribution in [1.29, 1.82) is 0 Å². The van der Waals surface area contributed by atoms with E-state index in [1.807, 2.05) is 0 Å². The molecule has 2 N–H and O–H groups in total. The minimum Gasteiger partial charge on any atom is -0.444 e. The largest absolute Gasteiger partial charge is 0.444 e. The Bertz CT molecular complexity index is 526. The van der Waals surface area contributed by atoms with E-state index in [1.54, 1.807) is 40.0 Å². The van der Waals surface area contributed by atoms with Crippen LogP contribution in [0.2, 0.25) is 0 Å². The molecule has 128 valence electrons. The third-order valence-corrected chi connectivity index (χ3v) is 2.80. The fourth-order valence-corrected chi connectivity index (χ4v) is 1.62. The number of rotatable bonds is 5. The second-order valence-electron chi connectivity index (χ2n) is 6.14. The van der Waals surface area contributed by atoms with Gasteiger partial charge in [0.1, 0.15) is 11.4 Å². The zero-order chi connectivity index (χ0) is 17.5. The summed E-state index contributed by atoms with van der Waals surface area (Å²) in [5, 5.41) is 5.29. The Hall–Kier alpha value is -2.31. The second kappa shape index (κ2) is 8.36. The number of halogens is 1.